The monoisotopic (exact) mass is 185 g/mol. The SMILES string of the molecule is NC(=O)[CH]CC(=O)N1CCOCC1. The van der Waals surface area contributed by atoms with Crippen LogP contribution in [-0.4, -0.2) is 43.0 Å². The molecule has 2 N–H and O–H groups in total. The van der Waals surface area contributed by atoms with E-state index in [0.717, 1.165) is 0 Å². The molecule has 0 saturated carbocycles. The van der Waals surface area contributed by atoms with Crippen LogP contribution in [0.4, 0.5) is 0 Å². The van der Waals surface area contributed by atoms with Gasteiger partial charge in [0.2, 0.25) is 11.8 Å². The Kier molecular flexibility index (Phi) is 3.70. The van der Waals surface area contributed by atoms with Crippen LogP contribution in [0, 0.1) is 6.42 Å². The molecular formula is C8H13N2O3. The van der Waals surface area contributed by atoms with Crippen LogP contribution >= 0.6 is 0 Å². The Morgan fingerprint density at radius 2 is 2.00 bits per heavy atom. The number of nitrogens with two attached hydrogens (primary N) is 1. The molecule has 13 heavy (non-hydrogen) atoms. The van der Waals surface area contributed by atoms with Gasteiger partial charge in [0, 0.05) is 19.5 Å². The predicted octanol–water partition coefficient (Wildman–Crippen LogP) is -1.08. The van der Waals surface area contributed by atoms with Crippen molar-refractivity contribution < 1.29 is 14.3 Å². The minimum Gasteiger partial charge on any atom is -0.378 e. The molecule has 0 unspecified atom stereocenters. The third-order valence-electron chi connectivity index (χ3n) is 1.84. The summed E-state index contributed by atoms with van der Waals surface area (Å²) in [4.78, 5) is 23.4. The van der Waals surface area contributed by atoms with Crippen LogP contribution in [0.2, 0.25) is 0 Å². The summed E-state index contributed by atoms with van der Waals surface area (Å²) >= 11 is 0. The molecular weight excluding hydrogens is 172 g/mol. The average Bonchev–Trinajstić information content (AvgIpc) is 2.15. The van der Waals surface area contributed by atoms with Crippen molar-refractivity contribution in [3.63, 3.8) is 0 Å². The van der Waals surface area contributed by atoms with Crippen molar-refractivity contribution in [1.82, 2.24) is 4.90 Å². The number of carbonyl (C=O) groups excluding carboxylic acids is 2. The summed E-state index contributed by atoms with van der Waals surface area (Å²) in [5, 5.41) is 0. The van der Waals surface area contributed by atoms with Gasteiger partial charge < -0.3 is 15.4 Å². The van der Waals surface area contributed by atoms with Gasteiger partial charge in [-0.25, -0.2) is 0 Å². The molecule has 5 heteroatoms. The van der Waals surface area contributed by atoms with E-state index in [4.69, 9.17) is 10.5 Å². The molecule has 0 atom stereocenters. The topological polar surface area (TPSA) is 72.6 Å². The standard InChI is InChI=1S/C8H13N2O3/c9-7(11)1-2-8(12)10-3-5-13-6-4-10/h1H,2-6H2,(H2,9,11). The Labute approximate surface area is 76.8 Å². The van der Waals surface area contributed by atoms with Crippen molar-refractivity contribution >= 4 is 11.8 Å². The normalized spacial score (nSPS) is 17.1. The Hall–Kier alpha value is -1.10. The molecule has 0 bridgehead atoms. The fourth-order valence-corrected chi connectivity index (χ4v) is 1.13. The van der Waals surface area contributed by atoms with Gasteiger partial charge in [-0.15, -0.1) is 0 Å². The van der Waals surface area contributed by atoms with Gasteiger partial charge in [0.05, 0.1) is 19.6 Å². The van der Waals surface area contributed by atoms with E-state index in [0.29, 0.717) is 26.3 Å². The third-order valence-corrected chi connectivity index (χ3v) is 1.84. The van der Waals surface area contributed by atoms with Gasteiger partial charge in [-0.3, -0.25) is 9.59 Å². The highest BCUT2D eigenvalue weighted by Crippen LogP contribution is 2.01. The van der Waals surface area contributed by atoms with Gasteiger partial charge in [0.1, 0.15) is 0 Å². The van der Waals surface area contributed by atoms with Crippen molar-refractivity contribution in [2.24, 2.45) is 5.73 Å². The first-order valence-corrected chi connectivity index (χ1v) is 4.18. The molecule has 0 aromatic carbocycles. The van der Waals surface area contributed by atoms with Gasteiger partial charge in [0.15, 0.2) is 0 Å². The lowest BCUT2D eigenvalue weighted by atomic mass is 10.2. The van der Waals surface area contributed by atoms with Crippen LogP contribution in [0.1, 0.15) is 6.42 Å². The number of ether oxygens (including phenoxy) is 1. The van der Waals surface area contributed by atoms with E-state index in [1.165, 1.54) is 6.42 Å². The highest BCUT2D eigenvalue weighted by molar-refractivity contribution is 5.89. The zero-order valence-corrected chi connectivity index (χ0v) is 7.36. The fraction of sp³-hybridized carbons (Fsp3) is 0.625. The number of hydrogen-bond donors (Lipinski definition) is 1. The predicted molar refractivity (Wildman–Crippen MR) is 45.5 cm³/mol. The second kappa shape index (κ2) is 4.81. The summed E-state index contributed by atoms with van der Waals surface area (Å²) in [6.45, 7) is 2.35. The van der Waals surface area contributed by atoms with E-state index < -0.39 is 5.91 Å². The minimum atomic E-state index is -0.554. The van der Waals surface area contributed by atoms with Gasteiger partial charge in [-0.05, 0) is 0 Å². The molecule has 0 aliphatic carbocycles. The van der Waals surface area contributed by atoms with Gasteiger partial charge in [0.25, 0.3) is 0 Å². The largest absolute Gasteiger partial charge is 0.378 e. The quantitative estimate of drug-likeness (QED) is 0.608. The number of morpholine rings is 1. The van der Waals surface area contributed by atoms with Crippen molar-refractivity contribution in [2.75, 3.05) is 26.3 Å². The van der Waals surface area contributed by atoms with E-state index >= 15 is 0 Å². The molecule has 0 spiro atoms. The Morgan fingerprint density at radius 3 is 2.54 bits per heavy atom. The van der Waals surface area contributed by atoms with Gasteiger partial charge in [-0.1, -0.05) is 0 Å². The van der Waals surface area contributed by atoms with Gasteiger partial charge in [-0.2, -0.15) is 0 Å². The summed E-state index contributed by atoms with van der Waals surface area (Å²) in [6, 6.07) is 0. The van der Waals surface area contributed by atoms with Crippen LogP contribution in [0.15, 0.2) is 0 Å². The van der Waals surface area contributed by atoms with Crippen LogP contribution < -0.4 is 5.73 Å². The van der Waals surface area contributed by atoms with Gasteiger partial charge >= 0.3 is 0 Å². The van der Waals surface area contributed by atoms with Crippen molar-refractivity contribution in [2.45, 2.75) is 6.42 Å². The molecule has 2 amide bonds. The molecule has 0 aromatic rings. The highest BCUT2D eigenvalue weighted by Gasteiger charge is 2.16. The van der Waals surface area contributed by atoms with E-state index in [-0.39, 0.29) is 12.3 Å². The number of hydrogen-bond acceptors (Lipinski definition) is 3. The molecule has 1 saturated heterocycles. The number of primary amides is 1. The molecule has 1 rings (SSSR count). The maximum Gasteiger partial charge on any atom is 0.223 e. The molecule has 1 fully saturated rings. The maximum absolute atomic E-state index is 11.3. The zero-order valence-electron chi connectivity index (χ0n) is 7.36. The Bertz CT molecular complexity index is 200. The van der Waals surface area contributed by atoms with E-state index in [1.54, 1.807) is 4.90 Å². The third kappa shape index (κ3) is 3.42. The summed E-state index contributed by atoms with van der Waals surface area (Å²) in [7, 11) is 0. The molecule has 1 aliphatic rings. The molecule has 5 nitrogen and oxygen atoms in total. The second-order valence-electron chi connectivity index (χ2n) is 2.80. The van der Waals surface area contributed by atoms with Crippen LogP contribution in [0.5, 0.6) is 0 Å². The Morgan fingerprint density at radius 1 is 1.38 bits per heavy atom. The molecule has 73 valence electrons. The number of carbonyl (C=O) groups is 2. The van der Waals surface area contributed by atoms with Crippen LogP contribution in [0.3, 0.4) is 0 Å². The summed E-state index contributed by atoms with van der Waals surface area (Å²) in [5.74, 6) is -0.622. The van der Waals surface area contributed by atoms with Crippen molar-refractivity contribution in [3.05, 3.63) is 6.42 Å². The lowest BCUT2D eigenvalue weighted by Gasteiger charge is -2.26. The van der Waals surface area contributed by atoms with Crippen molar-refractivity contribution in [1.29, 1.82) is 0 Å². The number of rotatable bonds is 3. The Balaban J connectivity index is 2.25. The van der Waals surface area contributed by atoms with E-state index in [9.17, 15) is 9.59 Å². The fourth-order valence-electron chi connectivity index (χ4n) is 1.13. The summed E-state index contributed by atoms with van der Waals surface area (Å²) in [5.41, 5.74) is 4.88. The van der Waals surface area contributed by atoms with Crippen LogP contribution in [-0.2, 0) is 14.3 Å². The number of nitrogens with zero attached hydrogens (tertiary/aromatic N) is 1. The maximum atomic E-state index is 11.3. The van der Waals surface area contributed by atoms with Crippen molar-refractivity contribution in [3.8, 4) is 0 Å². The second-order valence-corrected chi connectivity index (χ2v) is 2.80. The summed E-state index contributed by atoms with van der Waals surface area (Å²) < 4.78 is 5.08. The number of amides is 2. The van der Waals surface area contributed by atoms with E-state index in [2.05, 4.69) is 0 Å². The average molecular weight is 185 g/mol. The molecule has 1 heterocycles. The highest BCUT2D eigenvalue weighted by atomic mass is 16.5. The summed E-state index contributed by atoms with van der Waals surface area (Å²) in [6.07, 6.45) is 1.28. The lowest BCUT2D eigenvalue weighted by molar-refractivity contribution is -0.135. The lowest BCUT2D eigenvalue weighted by Crippen LogP contribution is -2.41. The first kappa shape index (κ1) is 9.98. The van der Waals surface area contributed by atoms with Crippen LogP contribution in [0.25, 0.3) is 0 Å². The molecule has 1 radical (unpaired) electrons. The molecule has 1 aliphatic heterocycles. The minimum absolute atomic E-state index is 0.0675. The van der Waals surface area contributed by atoms with E-state index in [1.807, 2.05) is 0 Å². The first-order chi connectivity index (χ1) is 6.20. The smallest absolute Gasteiger partial charge is 0.223 e. The zero-order chi connectivity index (χ0) is 9.68. The molecule has 0 aromatic heterocycles. The first-order valence-electron chi connectivity index (χ1n) is 4.18.